The molecule has 0 atom stereocenters. The Kier molecular flexibility index (Phi) is 2.93. The van der Waals surface area contributed by atoms with Crippen LogP contribution in [0.4, 0.5) is 5.82 Å². The van der Waals surface area contributed by atoms with Gasteiger partial charge in [0.1, 0.15) is 11.5 Å². The van der Waals surface area contributed by atoms with Crippen molar-refractivity contribution in [2.24, 2.45) is 5.73 Å². The van der Waals surface area contributed by atoms with Crippen molar-refractivity contribution in [1.29, 1.82) is 0 Å². The normalized spacial score (nSPS) is 10.1. The summed E-state index contributed by atoms with van der Waals surface area (Å²) in [6.07, 6.45) is 3.14. The molecule has 0 aromatic carbocycles. The first kappa shape index (κ1) is 10.3. The van der Waals surface area contributed by atoms with Crippen molar-refractivity contribution in [2.75, 3.05) is 5.32 Å². The number of amides is 1. The van der Waals surface area contributed by atoms with Gasteiger partial charge in [-0.3, -0.25) is 9.89 Å². The number of nitrogens with two attached hydrogens (primary N) is 1. The molecular formula is C10H11N5O. The lowest BCUT2D eigenvalue weighted by atomic mass is 10.3. The zero-order valence-electron chi connectivity index (χ0n) is 8.47. The fourth-order valence-electron chi connectivity index (χ4n) is 1.19. The van der Waals surface area contributed by atoms with Crippen LogP contribution in [0.2, 0.25) is 0 Å². The monoisotopic (exact) mass is 217 g/mol. The highest BCUT2D eigenvalue weighted by atomic mass is 16.2. The molecule has 0 aliphatic rings. The van der Waals surface area contributed by atoms with E-state index < -0.39 is 0 Å². The minimum atomic E-state index is -0.273. The van der Waals surface area contributed by atoms with E-state index in [0.717, 1.165) is 5.56 Å². The zero-order valence-corrected chi connectivity index (χ0v) is 8.47. The van der Waals surface area contributed by atoms with Crippen molar-refractivity contribution < 1.29 is 4.79 Å². The summed E-state index contributed by atoms with van der Waals surface area (Å²) in [5.74, 6) is 0.210. The number of H-pyrrole nitrogens is 1. The molecule has 2 rings (SSSR count). The number of pyridine rings is 1. The maximum absolute atomic E-state index is 11.6. The van der Waals surface area contributed by atoms with Crippen LogP contribution in [0.25, 0.3) is 0 Å². The minimum absolute atomic E-state index is 0.273. The molecule has 0 saturated heterocycles. The quantitative estimate of drug-likeness (QED) is 0.698. The molecule has 2 aromatic heterocycles. The van der Waals surface area contributed by atoms with Gasteiger partial charge in [0.15, 0.2) is 0 Å². The number of carbonyl (C=O) groups excluding carboxylic acids is 1. The summed E-state index contributed by atoms with van der Waals surface area (Å²) >= 11 is 0. The minimum Gasteiger partial charge on any atom is -0.326 e. The van der Waals surface area contributed by atoms with Crippen molar-refractivity contribution in [1.82, 2.24) is 15.2 Å². The van der Waals surface area contributed by atoms with Gasteiger partial charge in [0.25, 0.3) is 5.91 Å². The fraction of sp³-hybridized carbons (Fsp3) is 0.100. The van der Waals surface area contributed by atoms with Gasteiger partial charge in [0.2, 0.25) is 0 Å². The van der Waals surface area contributed by atoms with E-state index in [1.165, 1.54) is 6.20 Å². The van der Waals surface area contributed by atoms with Crippen molar-refractivity contribution in [2.45, 2.75) is 6.54 Å². The Bertz CT molecular complexity index is 462. The van der Waals surface area contributed by atoms with Crippen molar-refractivity contribution >= 4 is 11.7 Å². The molecule has 0 unspecified atom stereocenters. The average molecular weight is 217 g/mol. The Morgan fingerprint density at radius 2 is 2.31 bits per heavy atom. The number of rotatable bonds is 3. The van der Waals surface area contributed by atoms with Crippen LogP contribution in [-0.2, 0) is 6.54 Å². The predicted octanol–water partition coefficient (Wildman–Crippen LogP) is 0.516. The van der Waals surface area contributed by atoms with E-state index in [-0.39, 0.29) is 5.91 Å². The Balaban J connectivity index is 2.06. The van der Waals surface area contributed by atoms with E-state index in [1.54, 1.807) is 18.3 Å². The van der Waals surface area contributed by atoms with Gasteiger partial charge in [-0.1, -0.05) is 6.07 Å². The topological polar surface area (TPSA) is 96.7 Å². The molecule has 0 aliphatic heterocycles. The maximum atomic E-state index is 11.6. The number of hydrogen-bond acceptors (Lipinski definition) is 4. The summed E-state index contributed by atoms with van der Waals surface area (Å²) in [5, 5.41) is 8.89. The Hall–Kier alpha value is -2.21. The molecule has 4 N–H and O–H groups in total. The Labute approximate surface area is 91.9 Å². The summed E-state index contributed by atoms with van der Waals surface area (Å²) in [6, 6.07) is 5.11. The number of anilines is 1. The van der Waals surface area contributed by atoms with Gasteiger partial charge in [-0.25, -0.2) is 4.98 Å². The Morgan fingerprint density at radius 3 is 2.88 bits per heavy atom. The number of nitrogens with zero attached hydrogens (tertiary/aromatic N) is 2. The lowest BCUT2D eigenvalue weighted by Gasteiger charge is -2.03. The molecule has 2 heterocycles. The summed E-state index contributed by atoms with van der Waals surface area (Å²) in [6.45, 7) is 0.432. The number of aromatic nitrogens is 3. The second-order valence-electron chi connectivity index (χ2n) is 3.18. The van der Waals surface area contributed by atoms with E-state index in [1.807, 2.05) is 6.07 Å². The molecule has 16 heavy (non-hydrogen) atoms. The van der Waals surface area contributed by atoms with Gasteiger partial charge < -0.3 is 11.1 Å². The summed E-state index contributed by atoms with van der Waals surface area (Å²) < 4.78 is 0. The third-order valence-electron chi connectivity index (χ3n) is 2.05. The van der Waals surface area contributed by atoms with Gasteiger partial charge in [-0.05, 0) is 17.7 Å². The highest BCUT2D eigenvalue weighted by Crippen LogP contribution is 2.06. The molecule has 6 nitrogen and oxygen atoms in total. The first-order valence-electron chi connectivity index (χ1n) is 4.75. The lowest BCUT2D eigenvalue weighted by Crippen LogP contribution is -2.13. The van der Waals surface area contributed by atoms with Crippen molar-refractivity contribution in [3.05, 3.63) is 41.9 Å². The van der Waals surface area contributed by atoms with Crippen molar-refractivity contribution in [3.63, 3.8) is 0 Å². The van der Waals surface area contributed by atoms with Crippen LogP contribution >= 0.6 is 0 Å². The molecule has 0 radical (unpaired) electrons. The van der Waals surface area contributed by atoms with Gasteiger partial charge >= 0.3 is 0 Å². The second kappa shape index (κ2) is 4.54. The zero-order chi connectivity index (χ0) is 11.4. The lowest BCUT2D eigenvalue weighted by molar-refractivity contribution is 0.102. The van der Waals surface area contributed by atoms with Gasteiger partial charge in [-0.15, -0.1) is 0 Å². The van der Waals surface area contributed by atoms with Crippen LogP contribution < -0.4 is 11.1 Å². The molecule has 6 heteroatoms. The van der Waals surface area contributed by atoms with E-state index in [0.29, 0.717) is 18.1 Å². The number of hydrogen-bond donors (Lipinski definition) is 3. The van der Waals surface area contributed by atoms with Crippen LogP contribution in [-0.4, -0.2) is 21.1 Å². The molecule has 0 bridgehead atoms. The maximum Gasteiger partial charge on any atom is 0.274 e. The Morgan fingerprint density at radius 1 is 1.44 bits per heavy atom. The van der Waals surface area contributed by atoms with Gasteiger partial charge in [-0.2, -0.15) is 5.10 Å². The molecule has 1 amide bonds. The van der Waals surface area contributed by atoms with Crippen LogP contribution in [0.15, 0.2) is 30.6 Å². The highest BCUT2D eigenvalue weighted by molar-refractivity contribution is 6.02. The summed E-state index contributed by atoms with van der Waals surface area (Å²) in [4.78, 5) is 15.6. The van der Waals surface area contributed by atoms with Gasteiger partial charge in [0.05, 0.1) is 0 Å². The first-order valence-corrected chi connectivity index (χ1v) is 4.75. The molecule has 0 aliphatic carbocycles. The molecule has 0 saturated carbocycles. The van der Waals surface area contributed by atoms with Crippen LogP contribution in [0.3, 0.4) is 0 Å². The summed E-state index contributed by atoms with van der Waals surface area (Å²) in [7, 11) is 0. The fourth-order valence-corrected chi connectivity index (χ4v) is 1.19. The van der Waals surface area contributed by atoms with E-state index in [2.05, 4.69) is 20.5 Å². The molecule has 2 aromatic rings. The number of aromatic amines is 1. The SMILES string of the molecule is NCc1ccc(NC(=O)c2ccn[nH]2)nc1. The third kappa shape index (κ3) is 2.23. The van der Waals surface area contributed by atoms with Crippen LogP contribution in [0.5, 0.6) is 0 Å². The standard InChI is InChI=1S/C10H11N5O/c11-5-7-1-2-9(12-6-7)14-10(16)8-3-4-13-15-8/h1-4,6H,5,11H2,(H,13,15)(H,12,14,16). The first-order chi connectivity index (χ1) is 7.79. The highest BCUT2D eigenvalue weighted by Gasteiger charge is 2.07. The van der Waals surface area contributed by atoms with E-state index >= 15 is 0 Å². The van der Waals surface area contributed by atoms with Crippen LogP contribution in [0, 0.1) is 0 Å². The van der Waals surface area contributed by atoms with Gasteiger partial charge in [0, 0.05) is 18.9 Å². The molecule has 0 fully saturated rings. The smallest absolute Gasteiger partial charge is 0.274 e. The van der Waals surface area contributed by atoms with Crippen LogP contribution in [0.1, 0.15) is 16.1 Å². The third-order valence-corrected chi connectivity index (χ3v) is 2.05. The molecule has 82 valence electrons. The van der Waals surface area contributed by atoms with E-state index in [4.69, 9.17) is 5.73 Å². The van der Waals surface area contributed by atoms with Crippen molar-refractivity contribution in [3.8, 4) is 0 Å². The van der Waals surface area contributed by atoms with E-state index in [9.17, 15) is 4.79 Å². The molecular weight excluding hydrogens is 206 g/mol. The average Bonchev–Trinajstić information content (AvgIpc) is 2.83. The summed E-state index contributed by atoms with van der Waals surface area (Å²) in [5.41, 5.74) is 6.75. The number of carbonyl (C=O) groups is 1. The molecule has 0 spiro atoms. The predicted molar refractivity (Wildman–Crippen MR) is 58.7 cm³/mol. The second-order valence-corrected chi connectivity index (χ2v) is 3.18. The number of nitrogens with one attached hydrogen (secondary N) is 2. The largest absolute Gasteiger partial charge is 0.326 e.